The van der Waals surface area contributed by atoms with Gasteiger partial charge in [0.1, 0.15) is 5.82 Å². The van der Waals surface area contributed by atoms with Crippen LogP contribution >= 0.6 is 0 Å². The minimum atomic E-state index is -0.388. The maximum absolute atomic E-state index is 12.7. The molecule has 0 aliphatic rings. The van der Waals surface area contributed by atoms with Gasteiger partial charge in [-0.1, -0.05) is 0 Å². The van der Waals surface area contributed by atoms with Crippen molar-refractivity contribution in [3.8, 4) is 0 Å². The van der Waals surface area contributed by atoms with E-state index in [1.54, 1.807) is 14.0 Å². The number of hydrogen-bond acceptors (Lipinski definition) is 3. The Kier molecular flexibility index (Phi) is 5.30. The molecule has 5 heteroatoms. The zero-order chi connectivity index (χ0) is 13.5. The smallest absolute Gasteiger partial charge is 0.307 e. The number of amides is 1. The molecule has 0 bridgehead atoms. The number of carbonyl (C=O) groups excluding carboxylic acids is 2. The summed E-state index contributed by atoms with van der Waals surface area (Å²) in [5.74, 6) is -0.976. The molecule has 18 heavy (non-hydrogen) atoms. The third kappa shape index (κ3) is 4.16. The molecular weight excluding hydrogens is 237 g/mol. The van der Waals surface area contributed by atoms with Crippen LogP contribution in [0, 0.1) is 5.82 Å². The van der Waals surface area contributed by atoms with E-state index in [2.05, 4.69) is 0 Å². The summed E-state index contributed by atoms with van der Waals surface area (Å²) < 4.78 is 17.5. The molecule has 1 aromatic carbocycles. The largest absolute Gasteiger partial charge is 0.466 e. The number of ether oxygens (including phenoxy) is 1. The van der Waals surface area contributed by atoms with Crippen molar-refractivity contribution in [3.05, 3.63) is 35.6 Å². The van der Waals surface area contributed by atoms with Crippen molar-refractivity contribution < 1.29 is 18.7 Å². The van der Waals surface area contributed by atoms with E-state index in [1.807, 2.05) is 0 Å². The molecular formula is C13H16FNO3. The Morgan fingerprint density at radius 3 is 2.44 bits per heavy atom. The highest BCUT2D eigenvalue weighted by molar-refractivity contribution is 5.94. The minimum Gasteiger partial charge on any atom is -0.466 e. The summed E-state index contributed by atoms with van der Waals surface area (Å²) in [4.78, 5) is 24.4. The average Bonchev–Trinajstić information content (AvgIpc) is 2.36. The normalized spacial score (nSPS) is 9.94. The molecule has 98 valence electrons. The predicted octanol–water partition coefficient (Wildman–Crippen LogP) is 1.85. The second-order valence-electron chi connectivity index (χ2n) is 3.79. The summed E-state index contributed by atoms with van der Waals surface area (Å²) in [5.41, 5.74) is 0.391. The Bertz CT molecular complexity index is 417. The first-order chi connectivity index (χ1) is 8.54. The predicted molar refractivity (Wildman–Crippen MR) is 64.6 cm³/mol. The van der Waals surface area contributed by atoms with Gasteiger partial charge in [0.15, 0.2) is 0 Å². The molecule has 0 radical (unpaired) electrons. The fraction of sp³-hybridized carbons (Fsp3) is 0.385. The molecule has 0 saturated heterocycles. The minimum absolute atomic E-state index is 0.150. The van der Waals surface area contributed by atoms with Gasteiger partial charge in [-0.3, -0.25) is 9.59 Å². The fourth-order valence-electron chi connectivity index (χ4n) is 1.41. The average molecular weight is 253 g/mol. The van der Waals surface area contributed by atoms with E-state index in [0.717, 1.165) is 0 Å². The van der Waals surface area contributed by atoms with Crippen LogP contribution in [0.5, 0.6) is 0 Å². The van der Waals surface area contributed by atoms with Gasteiger partial charge in [0.25, 0.3) is 5.91 Å². The van der Waals surface area contributed by atoms with Crippen molar-refractivity contribution in [1.29, 1.82) is 0 Å². The number of hydrogen-bond donors (Lipinski definition) is 0. The van der Waals surface area contributed by atoms with Crippen LogP contribution in [0.25, 0.3) is 0 Å². The van der Waals surface area contributed by atoms with Crippen molar-refractivity contribution in [2.45, 2.75) is 13.3 Å². The monoisotopic (exact) mass is 253 g/mol. The third-order valence-corrected chi connectivity index (χ3v) is 2.39. The summed E-state index contributed by atoms with van der Waals surface area (Å²) in [6, 6.07) is 5.29. The first-order valence-electron chi connectivity index (χ1n) is 5.71. The van der Waals surface area contributed by atoms with Crippen LogP contribution in [-0.4, -0.2) is 37.0 Å². The first-order valence-corrected chi connectivity index (χ1v) is 5.71. The molecule has 0 saturated carbocycles. The molecule has 0 atom stereocenters. The lowest BCUT2D eigenvalue weighted by molar-refractivity contribution is -0.143. The second kappa shape index (κ2) is 6.74. The van der Waals surface area contributed by atoms with Gasteiger partial charge >= 0.3 is 5.97 Å². The van der Waals surface area contributed by atoms with Crippen molar-refractivity contribution in [2.24, 2.45) is 0 Å². The van der Waals surface area contributed by atoms with E-state index in [1.165, 1.54) is 29.2 Å². The molecule has 0 aliphatic heterocycles. The maximum Gasteiger partial charge on any atom is 0.307 e. The van der Waals surface area contributed by atoms with E-state index in [-0.39, 0.29) is 30.7 Å². The van der Waals surface area contributed by atoms with Crippen molar-refractivity contribution in [3.63, 3.8) is 0 Å². The van der Waals surface area contributed by atoms with E-state index in [9.17, 15) is 14.0 Å². The second-order valence-corrected chi connectivity index (χ2v) is 3.79. The molecule has 0 N–H and O–H groups in total. The van der Waals surface area contributed by atoms with Gasteiger partial charge in [0.2, 0.25) is 0 Å². The standard InChI is InChI=1S/C13H16FNO3/c1-3-18-12(16)8-9-15(2)13(17)10-4-6-11(14)7-5-10/h4-7H,3,8-9H2,1-2H3. The maximum atomic E-state index is 12.7. The van der Waals surface area contributed by atoms with Gasteiger partial charge < -0.3 is 9.64 Å². The number of halogens is 1. The summed E-state index contributed by atoms with van der Waals surface area (Å²) in [5, 5.41) is 0. The Labute approximate surface area is 105 Å². The number of carbonyl (C=O) groups is 2. The SMILES string of the molecule is CCOC(=O)CCN(C)C(=O)c1ccc(F)cc1. The topological polar surface area (TPSA) is 46.6 Å². The zero-order valence-corrected chi connectivity index (χ0v) is 10.5. The van der Waals surface area contributed by atoms with Crippen molar-refractivity contribution in [1.82, 2.24) is 4.90 Å². The summed E-state index contributed by atoms with van der Waals surface area (Å²) in [6.07, 6.45) is 0.150. The lowest BCUT2D eigenvalue weighted by Gasteiger charge is -2.16. The molecule has 0 spiro atoms. The van der Waals surface area contributed by atoms with Gasteiger partial charge in [0, 0.05) is 19.2 Å². The molecule has 1 aromatic rings. The number of nitrogens with zero attached hydrogens (tertiary/aromatic N) is 1. The molecule has 0 fully saturated rings. The number of rotatable bonds is 5. The highest BCUT2D eigenvalue weighted by atomic mass is 19.1. The highest BCUT2D eigenvalue weighted by Crippen LogP contribution is 2.06. The molecule has 1 amide bonds. The van der Waals surface area contributed by atoms with Crippen LogP contribution in [0.4, 0.5) is 4.39 Å². The molecule has 0 unspecified atom stereocenters. The van der Waals surface area contributed by atoms with E-state index >= 15 is 0 Å². The molecule has 1 rings (SSSR count). The zero-order valence-electron chi connectivity index (χ0n) is 10.5. The lowest BCUT2D eigenvalue weighted by atomic mass is 10.2. The molecule has 0 aliphatic carbocycles. The Balaban J connectivity index is 2.51. The molecule has 4 nitrogen and oxygen atoms in total. The third-order valence-electron chi connectivity index (χ3n) is 2.39. The first kappa shape index (κ1) is 14.2. The lowest BCUT2D eigenvalue weighted by Crippen LogP contribution is -2.29. The van der Waals surface area contributed by atoms with Gasteiger partial charge in [-0.25, -0.2) is 4.39 Å². The fourth-order valence-corrected chi connectivity index (χ4v) is 1.41. The number of benzene rings is 1. The summed E-state index contributed by atoms with van der Waals surface area (Å²) in [7, 11) is 1.59. The Morgan fingerprint density at radius 1 is 1.28 bits per heavy atom. The molecule has 0 aromatic heterocycles. The van der Waals surface area contributed by atoms with Gasteiger partial charge in [-0.05, 0) is 31.2 Å². The van der Waals surface area contributed by atoms with Gasteiger partial charge in [-0.15, -0.1) is 0 Å². The summed E-state index contributed by atoms with van der Waals surface area (Å²) in [6.45, 7) is 2.33. The van der Waals surface area contributed by atoms with Crippen LogP contribution in [0.3, 0.4) is 0 Å². The van der Waals surface area contributed by atoms with E-state index < -0.39 is 0 Å². The van der Waals surface area contributed by atoms with Gasteiger partial charge in [-0.2, -0.15) is 0 Å². The Hall–Kier alpha value is -1.91. The Morgan fingerprint density at radius 2 is 1.89 bits per heavy atom. The van der Waals surface area contributed by atoms with Crippen LogP contribution in [0.2, 0.25) is 0 Å². The van der Waals surface area contributed by atoms with Crippen LogP contribution in [0.15, 0.2) is 24.3 Å². The van der Waals surface area contributed by atoms with E-state index in [4.69, 9.17) is 4.74 Å². The van der Waals surface area contributed by atoms with Crippen LogP contribution < -0.4 is 0 Å². The quantitative estimate of drug-likeness (QED) is 0.752. The van der Waals surface area contributed by atoms with Crippen LogP contribution in [-0.2, 0) is 9.53 Å². The van der Waals surface area contributed by atoms with Crippen molar-refractivity contribution in [2.75, 3.05) is 20.2 Å². The van der Waals surface area contributed by atoms with Gasteiger partial charge in [0.05, 0.1) is 13.0 Å². The number of esters is 1. The van der Waals surface area contributed by atoms with Crippen LogP contribution in [0.1, 0.15) is 23.7 Å². The highest BCUT2D eigenvalue weighted by Gasteiger charge is 2.13. The molecule has 0 heterocycles. The van der Waals surface area contributed by atoms with E-state index in [0.29, 0.717) is 12.2 Å². The van der Waals surface area contributed by atoms with Crippen molar-refractivity contribution >= 4 is 11.9 Å². The summed E-state index contributed by atoms with van der Waals surface area (Å²) >= 11 is 0.